The SMILES string of the molecule is COC(=O)c1cc(C#N)cc(C)c1I. The summed E-state index contributed by atoms with van der Waals surface area (Å²) in [5.41, 5.74) is 1.83. The Balaban J connectivity index is 3.36. The topological polar surface area (TPSA) is 50.1 Å². The molecule has 0 bridgehead atoms. The Hall–Kier alpha value is -1.09. The second kappa shape index (κ2) is 4.42. The molecular formula is C10H8INO2. The molecule has 0 aromatic heterocycles. The molecule has 3 nitrogen and oxygen atoms in total. The number of halogens is 1. The van der Waals surface area contributed by atoms with Gasteiger partial charge in [0.05, 0.1) is 24.3 Å². The molecule has 0 aliphatic heterocycles. The van der Waals surface area contributed by atoms with E-state index in [-0.39, 0.29) is 0 Å². The number of nitriles is 1. The van der Waals surface area contributed by atoms with Crippen molar-refractivity contribution in [3.63, 3.8) is 0 Å². The van der Waals surface area contributed by atoms with Crippen LogP contribution in [0.5, 0.6) is 0 Å². The van der Waals surface area contributed by atoms with Crippen LogP contribution < -0.4 is 0 Å². The first-order chi connectivity index (χ1) is 6.60. The molecule has 1 aromatic rings. The Kier molecular flexibility index (Phi) is 3.47. The number of nitrogens with zero attached hydrogens (tertiary/aromatic N) is 1. The lowest BCUT2D eigenvalue weighted by Crippen LogP contribution is -2.05. The van der Waals surface area contributed by atoms with E-state index in [1.54, 1.807) is 12.1 Å². The zero-order valence-corrected chi connectivity index (χ0v) is 9.95. The average Bonchev–Trinajstić information content (AvgIpc) is 2.20. The minimum absolute atomic E-state index is 0.408. The van der Waals surface area contributed by atoms with Crippen molar-refractivity contribution >= 4 is 28.6 Å². The second-order valence-electron chi connectivity index (χ2n) is 2.76. The summed E-state index contributed by atoms with van der Waals surface area (Å²) in [6.45, 7) is 1.86. The van der Waals surface area contributed by atoms with Crippen molar-refractivity contribution in [1.29, 1.82) is 5.26 Å². The van der Waals surface area contributed by atoms with Crippen molar-refractivity contribution in [3.8, 4) is 6.07 Å². The van der Waals surface area contributed by atoms with Crippen LogP contribution in [0.3, 0.4) is 0 Å². The van der Waals surface area contributed by atoms with Crippen LogP contribution in [-0.2, 0) is 4.74 Å². The zero-order chi connectivity index (χ0) is 10.7. The van der Waals surface area contributed by atoms with E-state index in [9.17, 15) is 4.79 Å². The van der Waals surface area contributed by atoms with Crippen molar-refractivity contribution < 1.29 is 9.53 Å². The number of carbonyl (C=O) groups is 1. The van der Waals surface area contributed by atoms with Crippen molar-refractivity contribution in [3.05, 3.63) is 32.4 Å². The van der Waals surface area contributed by atoms with Gasteiger partial charge in [0.2, 0.25) is 0 Å². The Morgan fingerprint density at radius 1 is 1.57 bits per heavy atom. The molecule has 0 amide bonds. The smallest absolute Gasteiger partial charge is 0.338 e. The van der Waals surface area contributed by atoms with E-state index in [1.165, 1.54) is 7.11 Å². The number of ether oxygens (including phenoxy) is 1. The van der Waals surface area contributed by atoms with E-state index in [1.807, 2.05) is 13.0 Å². The van der Waals surface area contributed by atoms with Gasteiger partial charge in [-0.25, -0.2) is 4.79 Å². The van der Waals surface area contributed by atoms with Gasteiger partial charge in [0, 0.05) is 3.57 Å². The Labute approximate surface area is 95.8 Å². The molecule has 0 aliphatic carbocycles. The predicted molar refractivity (Wildman–Crippen MR) is 60.0 cm³/mol. The first-order valence-corrected chi connectivity index (χ1v) is 4.96. The molecule has 14 heavy (non-hydrogen) atoms. The molecule has 0 N–H and O–H groups in total. The maximum Gasteiger partial charge on any atom is 0.338 e. The lowest BCUT2D eigenvalue weighted by atomic mass is 10.1. The first-order valence-electron chi connectivity index (χ1n) is 3.88. The van der Waals surface area contributed by atoms with Crippen LogP contribution in [0.25, 0.3) is 0 Å². The van der Waals surface area contributed by atoms with Gasteiger partial charge in [-0.15, -0.1) is 0 Å². The van der Waals surface area contributed by atoms with Crippen LogP contribution in [0.1, 0.15) is 21.5 Å². The predicted octanol–water partition coefficient (Wildman–Crippen LogP) is 2.26. The standard InChI is InChI=1S/C10H8INO2/c1-6-3-7(5-12)4-8(9(6)11)10(13)14-2/h3-4H,1-2H3. The molecule has 1 aromatic carbocycles. The van der Waals surface area contributed by atoms with E-state index in [0.717, 1.165) is 9.13 Å². The van der Waals surface area contributed by atoms with E-state index >= 15 is 0 Å². The van der Waals surface area contributed by atoms with Gasteiger partial charge in [-0.2, -0.15) is 5.26 Å². The third kappa shape index (κ3) is 2.04. The number of carbonyl (C=O) groups excluding carboxylic acids is 1. The van der Waals surface area contributed by atoms with E-state index < -0.39 is 5.97 Å². The third-order valence-corrected chi connectivity index (χ3v) is 3.22. The van der Waals surface area contributed by atoms with Crippen molar-refractivity contribution in [2.45, 2.75) is 6.92 Å². The molecule has 72 valence electrons. The summed E-state index contributed by atoms with van der Waals surface area (Å²) in [6, 6.07) is 5.29. The summed E-state index contributed by atoms with van der Waals surface area (Å²) in [4.78, 5) is 11.3. The Bertz CT molecular complexity index is 421. The Morgan fingerprint density at radius 2 is 2.21 bits per heavy atom. The molecule has 0 fully saturated rings. The molecule has 0 heterocycles. The van der Waals surface area contributed by atoms with Crippen LogP contribution in [-0.4, -0.2) is 13.1 Å². The molecule has 0 aliphatic rings. The quantitative estimate of drug-likeness (QED) is 0.590. The Morgan fingerprint density at radius 3 is 2.71 bits per heavy atom. The molecule has 0 radical (unpaired) electrons. The van der Waals surface area contributed by atoms with Gasteiger partial charge in [-0.3, -0.25) is 0 Å². The maximum absolute atomic E-state index is 11.3. The lowest BCUT2D eigenvalue weighted by Gasteiger charge is -2.05. The number of rotatable bonds is 1. The van der Waals surface area contributed by atoms with Gasteiger partial charge in [-0.05, 0) is 47.2 Å². The van der Waals surface area contributed by atoms with Crippen LogP contribution in [0.4, 0.5) is 0 Å². The third-order valence-electron chi connectivity index (χ3n) is 1.79. The second-order valence-corrected chi connectivity index (χ2v) is 3.84. The summed E-state index contributed by atoms with van der Waals surface area (Å²) < 4.78 is 5.45. The molecule has 1 rings (SSSR count). The molecule has 0 saturated carbocycles. The first kappa shape index (κ1) is 11.0. The average molecular weight is 301 g/mol. The molecule has 0 saturated heterocycles. The fourth-order valence-electron chi connectivity index (χ4n) is 1.09. The van der Waals surface area contributed by atoms with Crippen LogP contribution in [0.15, 0.2) is 12.1 Å². The highest BCUT2D eigenvalue weighted by molar-refractivity contribution is 14.1. The van der Waals surface area contributed by atoms with E-state index in [0.29, 0.717) is 11.1 Å². The minimum atomic E-state index is -0.408. The highest BCUT2D eigenvalue weighted by atomic mass is 127. The van der Waals surface area contributed by atoms with Crippen molar-refractivity contribution in [1.82, 2.24) is 0 Å². The van der Waals surface area contributed by atoms with Gasteiger partial charge in [-0.1, -0.05) is 0 Å². The fourth-order valence-corrected chi connectivity index (χ4v) is 1.62. The molecule has 0 atom stereocenters. The van der Waals surface area contributed by atoms with Gasteiger partial charge >= 0.3 is 5.97 Å². The van der Waals surface area contributed by atoms with Crippen LogP contribution in [0.2, 0.25) is 0 Å². The number of benzene rings is 1. The summed E-state index contributed by atoms with van der Waals surface area (Å²) in [7, 11) is 1.33. The van der Waals surface area contributed by atoms with Crippen LogP contribution in [0, 0.1) is 21.8 Å². The summed E-state index contributed by atoms with van der Waals surface area (Å²) in [5.74, 6) is -0.408. The normalized spacial score (nSPS) is 9.29. The van der Waals surface area contributed by atoms with E-state index in [2.05, 4.69) is 27.3 Å². The molecule has 4 heteroatoms. The molecule has 0 spiro atoms. The molecule has 0 unspecified atom stereocenters. The summed E-state index contributed by atoms with van der Waals surface area (Å²) in [6.07, 6.45) is 0. The van der Waals surface area contributed by atoms with Crippen LogP contribution >= 0.6 is 22.6 Å². The van der Waals surface area contributed by atoms with Gasteiger partial charge in [0.1, 0.15) is 0 Å². The van der Waals surface area contributed by atoms with Gasteiger partial charge in [0.15, 0.2) is 0 Å². The number of hydrogen-bond donors (Lipinski definition) is 0. The lowest BCUT2D eigenvalue weighted by molar-refractivity contribution is 0.0599. The van der Waals surface area contributed by atoms with Gasteiger partial charge < -0.3 is 4.74 Å². The largest absolute Gasteiger partial charge is 0.465 e. The maximum atomic E-state index is 11.3. The fraction of sp³-hybridized carbons (Fsp3) is 0.200. The number of hydrogen-bond acceptors (Lipinski definition) is 3. The number of aryl methyl sites for hydroxylation is 1. The highest BCUT2D eigenvalue weighted by Gasteiger charge is 2.13. The number of esters is 1. The van der Waals surface area contributed by atoms with Gasteiger partial charge in [0.25, 0.3) is 0 Å². The summed E-state index contributed by atoms with van der Waals surface area (Å²) >= 11 is 2.07. The minimum Gasteiger partial charge on any atom is -0.465 e. The van der Waals surface area contributed by atoms with E-state index in [4.69, 9.17) is 5.26 Å². The zero-order valence-electron chi connectivity index (χ0n) is 7.80. The number of methoxy groups -OCH3 is 1. The van der Waals surface area contributed by atoms with Crippen molar-refractivity contribution in [2.24, 2.45) is 0 Å². The highest BCUT2D eigenvalue weighted by Crippen LogP contribution is 2.19. The monoisotopic (exact) mass is 301 g/mol. The summed E-state index contributed by atoms with van der Waals surface area (Å²) in [5, 5.41) is 8.73. The molecular weight excluding hydrogens is 293 g/mol. The van der Waals surface area contributed by atoms with Crippen molar-refractivity contribution in [2.75, 3.05) is 7.11 Å².